The number of aliphatic hydroxyl groups excluding tert-OH is 2. The number of rotatable bonds is 63. The monoisotopic (exact) mass is 1010 g/mol. The molecule has 0 aromatic heterocycles. The number of unbranched alkanes of at least 4 members (excludes halogenated alkanes) is 52. The Hall–Kier alpha value is -1.13. The molecule has 3 N–H and O–H groups in total. The van der Waals surface area contributed by atoms with Crippen molar-refractivity contribution in [2.45, 2.75) is 398 Å². The molecule has 0 rings (SSSR count). The molecule has 0 spiro atoms. The molecule has 0 aliphatic carbocycles. The molecule has 0 aliphatic heterocycles. The number of carbonyl (C=O) groups is 1. The largest absolute Gasteiger partial charge is 0.394 e. The highest BCUT2D eigenvalue weighted by Crippen LogP contribution is 2.19. The van der Waals surface area contributed by atoms with Gasteiger partial charge in [-0.1, -0.05) is 359 Å². The van der Waals surface area contributed by atoms with Crippen molar-refractivity contribution >= 4 is 5.91 Å². The number of aliphatic hydroxyl groups is 2. The van der Waals surface area contributed by atoms with E-state index in [1.54, 1.807) is 0 Å². The number of hydrogen-bond donors (Lipinski definition) is 3. The summed E-state index contributed by atoms with van der Waals surface area (Å²) < 4.78 is 0. The van der Waals surface area contributed by atoms with Gasteiger partial charge in [-0.25, -0.2) is 0 Å². The van der Waals surface area contributed by atoms with Crippen molar-refractivity contribution in [1.82, 2.24) is 5.32 Å². The van der Waals surface area contributed by atoms with Gasteiger partial charge in [0.2, 0.25) is 5.91 Å². The lowest BCUT2D eigenvalue weighted by Crippen LogP contribution is -2.45. The van der Waals surface area contributed by atoms with E-state index in [4.69, 9.17) is 0 Å². The van der Waals surface area contributed by atoms with E-state index in [-0.39, 0.29) is 12.5 Å². The lowest BCUT2D eigenvalue weighted by atomic mass is 10.0. The number of carbonyl (C=O) groups excluding carboxylic acids is 1. The van der Waals surface area contributed by atoms with Crippen molar-refractivity contribution in [3.05, 3.63) is 24.3 Å². The minimum atomic E-state index is -0.659. The van der Waals surface area contributed by atoms with E-state index in [1.165, 1.54) is 327 Å². The Balaban J connectivity index is 3.39. The van der Waals surface area contributed by atoms with Gasteiger partial charge in [0.25, 0.3) is 0 Å². The van der Waals surface area contributed by atoms with Gasteiger partial charge in [-0.2, -0.15) is 0 Å². The van der Waals surface area contributed by atoms with E-state index in [0.717, 1.165) is 32.1 Å². The van der Waals surface area contributed by atoms with E-state index in [0.29, 0.717) is 12.8 Å². The summed E-state index contributed by atoms with van der Waals surface area (Å²) in [6, 6.07) is -0.535. The molecule has 4 nitrogen and oxygen atoms in total. The van der Waals surface area contributed by atoms with Crippen molar-refractivity contribution in [2.24, 2.45) is 0 Å². The van der Waals surface area contributed by atoms with Crippen molar-refractivity contribution in [1.29, 1.82) is 0 Å². The van der Waals surface area contributed by atoms with Crippen LogP contribution in [0.3, 0.4) is 0 Å². The molecule has 0 saturated carbocycles. The van der Waals surface area contributed by atoms with Crippen LogP contribution >= 0.6 is 0 Å². The first kappa shape index (κ1) is 70.9. The summed E-state index contributed by atoms with van der Waals surface area (Å²) >= 11 is 0. The van der Waals surface area contributed by atoms with Crippen molar-refractivity contribution in [3.63, 3.8) is 0 Å². The maximum absolute atomic E-state index is 12.5. The standard InChI is InChI=1S/C68H133NO3/c1-3-5-7-9-11-13-15-17-19-21-23-25-26-27-28-29-30-31-32-33-34-35-36-37-38-39-40-41-42-44-46-48-50-52-54-56-58-60-62-64-68(72)69-66(65-70)67(71)63-61-59-57-55-53-51-49-47-45-43-24-22-20-18-16-14-12-10-8-6-4-2/h30-31,33-34,66-67,70-71H,3-29,32,35-65H2,1-2H3,(H,69,72)/b31-30-,34-33-. The van der Waals surface area contributed by atoms with Crippen molar-refractivity contribution < 1.29 is 15.0 Å². The van der Waals surface area contributed by atoms with E-state index < -0.39 is 12.1 Å². The van der Waals surface area contributed by atoms with Gasteiger partial charge in [-0.3, -0.25) is 4.79 Å². The summed E-state index contributed by atoms with van der Waals surface area (Å²) in [4.78, 5) is 12.5. The first-order valence-corrected chi connectivity index (χ1v) is 33.5. The number of nitrogens with one attached hydrogen (secondary N) is 1. The molecule has 0 aliphatic rings. The van der Waals surface area contributed by atoms with Crippen LogP contribution in [0.25, 0.3) is 0 Å². The zero-order valence-electron chi connectivity index (χ0n) is 49.5. The van der Waals surface area contributed by atoms with Crippen LogP contribution in [0.2, 0.25) is 0 Å². The predicted molar refractivity (Wildman–Crippen MR) is 322 cm³/mol. The van der Waals surface area contributed by atoms with Crippen molar-refractivity contribution in [3.8, 4) is 0 Å². The summed E-state index contributed by atoms with van der Waals surface area (Å²) in [5, 5.41) is 23.4. The Bertz CT molecular complexity index is 1060. The normalized spacial score (nSPS) is 12.8. The molecule has 0 bridgehead atoms. The summed E-state index contributed by atoms with van der Waals surface area (Å²) in [5.41, 5.74) is 0. The summed E-state index contributed by atoms with van der Waals surface area (Å²) in [6.07, 6.45) is 86.5. The molecule has 72 heavy (non-hydrogen) atoms. The number of allylic oxidation sites excluding steroid dienone is 4. The fourth-order valence-corrected chi connectivity index (χ4v) is 10.9. The highest BCUT2D eigenvalue weighted by molar-refractivity contribution is 5.76. The van der Waals surface area contributed by atoms with Gasteiger partial charge < -0.3 is 15.5 Å². The molecule has 0 aromatic carbocycles. The van der Waals surface area contributed by atoms with Crippen LogP contribution in [0.5, 0.6) is 0 Å². The van der Waals surface area contributed by atoms with Crippen LogP contribution in [-0.4, -0.2) is 34.9 Å². The minimum Gasteiger partial charge on any atom is -0.394 e. The molecular formula is C68H133NO3. The average Bonchev–Trinajstić information content (AvgIpc) is 3.39. The fourth-order valence-electron chi connectivity index (χ4n) is 10.9. The Labute approximate surface area is 453 Å². The Morgan fingerprint density at radius 1 is 0.333 bits per heavy atom. The van der Waals surface area contributed by atoms with E-state index in [1.807, 2.05) is 0 Å². The van der Waals surface area contributed by atoms with Gasteiger partial charge in [0.05, 0.1) is 18.8 Å². The molecule has 0 fully saturated rings. The molecule has 1 amide bonds. The van der Waals surface area contributed by atoms with Crippen LogP contribution in [0, 0.1) is 0 Å². The summed E-state index contributed by atoms with van der Waals surface area (Å²) in [6.45, 7) is 4.41. The first-order valence-electron chi connectivity index (χ1n) is 33.5. The van der Waals surface area contributed by atoms with Crippen LogP contribution in [-0.2, 0) is 4.79 Å². The van der Waals surface area contributed by atoms with Crippen molar-refractivity contribution in [2.75, 3.05) is 6.61 Å². The van der Waals surface area contributed by atoms with Gasteiger partial charge in [0.1, 0.15) is 0 Å². The first-order chi connectivity index (χ1) is 35.7. The molecule has 2 atom stereocenters. The highest BCUT2D eigenvalue weighted by Gasteiger charge is 2.20. The molecule has 0 saturated heterocycles. The summed E-state index contributed by atoms with van der Waals surface area (Å²) in [7, 11) is 0. The minimum absolute atomic E-state index is 0.0238. The highest BCUT2D eigenvalue weighted by atomic mass is 16.3. The fraction of sp³-hybridized carbons (Fsp3) is 0.926. The zero-order chi connectivity index (χ0) is 52.0. The molecule has 0 heterocycles. The molecule has 0 radical (unpaired) electrons. The van der Waals surface area contributed by atoms with Gasteiger partial charge >= 0.3 is 0 Å². The van der Waals surface area contributed by atoms with Crippen LogP contribution in [0.4, 0.5) is 0 Å². The third-order valence-corrected chi connectivity index (χ3v) is 16.0. The maximum atomic E-state index is 12.5. The second kappa shape index (κ2) is 64.2. The molecule has 4 heteroatoms. The molecule has 2 unspecified atom stereocenters. The van der Waals surface area contributed by atoms with Crippen LogP contribution in [0.1, 0.15) is 386 Å². The maximum Gasteiger partial charge on any atom is 0.220 e. The van der Waals surface area contributed by atoms with E-state index in [9.17, 15) is 15.0 Å². The number of amides is 1. The lowest BCUT2D eigenvalue weighted by molar-refractivity contribution is -0.123. The average molecular weight is 1010 g/mol. The number of hydrogen-bond acceptors (Lipinski definition) is 3. The quantitative estimate of drug-likeness (QED) is 0.0420. The zero-order valence-corrected chi connectivity index (χ0v) is 49.5. The molecular weight excluding hydrogens is 879 g/mol. The third kappa shape index (κ3) is 59.7. The van der Waals surface area contributed by atoms with E-state index in [2.05, 4.69) is 43.5 Å². The van der Waals surface area contributed by atoms with Gasteiger partial charge in [0.15, 0.2) is 0 Å². The topological polar surface area (TPSA) is 69.6 Å². The van der Waals surface area contributed by atoms with E-state index >= 15 is 0 Å². The smallest absolute Gasteiger partial charge is 0.220 e. The van der Waals surface area contributed by atoms with Crippen LogP contribution in [0.15, 0.2) is 24.3 Å². The Morgan fingerprint density at radius 2 is 0.569 bits per heavy atom. The second-order valence-corrected chi connectivity index (χ2v) is 23.2. The Kier molecular flexibility index (Phi) is 63.2. The lowest BCUT2D eigenvalue weighted by Gasteiger charge is -2.22. The van der Waals surface area contributed by atoms with Gasteiger partial charge in [0, 0.05) is 6.42 Å². The van der Waals surface area contributed by atoms with Gasteiger partial charge in [-0.05, 0) is 44.9 Å². The summed E-state index contributed by atoms with van der Waals surface area (Å²) in [5.74, 6) is -0.0238. The van der Waals surface area contributed by atoms with Crippen LogP contribution < -0.4 is 5.32 Å². The SMILES string of the molecule is CCCCCCCCCCCCCCCCC/C=C\C/C=C\CCCCCCCCCCCCCCCCCCCC(=O)NC(CO)C(O)CCCCCCCCCCCCCCCCCCCCCCC. The molecule has 428 valence electrons. The second-order valence-electron chi connectivity index (χ2n) is 23.2. The molecule has 0 aromatic rings. The Morgan fingerprint density at radius 3 is 0.833 bits per heavy atom. The van der Waals surface area contributed by atoms with Gasteiger partial charge in [-0.15, -0.1) is 0 Å². The predicted octanol–water partition coefficient (Wildman–Crippen LogP) is 22.6. The third-order valence-electron chi connectivity index (χ3n) is 16.0.